The molecule has 1 fully saturated rings. The van der Waals surface area contributed by atoms with Crippen LogP contribution in [0.4, 0.5) is 0 Å². The minimum absolute atomic E-state index is 0. The summed E-state index contributed by atoms with van der Waals surface area (Å²) < 4.78 is 0. The maximum Gasteiger partial charge on any atom is 0.191 e. The molecule has 2 aromatic rings. The number of aliphatic imine (C=N–C) groups is 1. The zero-order valence-electron chi connectivity index (χ0n) is 14.4. The Hall–Kier alpha value is -1.15. The third-order valence-electron chi connectivity index (χ3n) is 4.26. The summed E-state index contributed by atoms with van der Waals surface area (Å²) in [6.07, 6.45) is 2.10. The molecule has 0 saturated heterocycles. The summed E-state index contributed by atoms with van der Waals surface area (Å²) in [5.41, 5.74) is 3.99. The van der Waals surface area contributed by atoms with Gasteiger partial charge in [0.2, 0.25) is 0 Å². The van der Waals surface area contributed by atoms with Gasteiger partial charge in [0.05, 0.1) is 10.7 Å². The fourth-order valence-corrected chi connectivity index (χ4v) is 3.55. The van der Waals surface area contributed by atoms with E-state index in [-0.39, 0.29) is 24.0 Å². The van der Waals surface area contributed by atoms with Crippen LogP contribution in [0.1, 0.15) is 34.2 Å². The van der Waals surface area contributed by atoms with E-state index in [0.29, 0.717) is 12.0 Å². The molecule has 4 nitrogen and oxygen atoms in total. The zero-order valence-corrected chi connectivity index (χ0v) is 17.5. The van der Waals surface area contributed by atoms with Crippen LogP contribution in [0.25, 0.3) is 0 Å². The lowest BCUT2D eigenvalue weighted by Gasteiger charge is -2.12. The first-order valence-electron chi connectivity index (χ1n) is 8.11. The second-order valence-electron chi connectivity index (χ2n) is 6.06. The van der Waals surface area contributed by atoms with Crippen molar-refractivity contribution in [3.8, 4) is 0 Å². The number of aromatic nitrogens is 1. The fourth-order valence-electron chi connectivity index (χ4n) is 2.90. The predicted octanol–water partition coefficient (Wildman–Crippen LogP) is 3.64. The number of hydrogen-bond acceptors (Lipinski definition) is 3. The van der Waals surface area contributed by atoms with Crippen molar-refractivity contribution in [1.82, 2.24) is 15.6 Å². The summed E-state index contributed by atoms with van der Waals surface area (Å²) in [5, 5.41) is 10.2. The molecule has 2 unspecified atom stereocenters. The van der Waals surface area contributed by atoms with Crippen LogP contribution in [-0.2, 0) is 6.42 Å². The lowest BCUT2D eigenvalue weighted by Crippen LogP contribution is -2.40. The Morgan fingerprint density at radius 2 is 2.12 bits per heavy atom. The first-order chi connectivity index (χ1) is 11.2. The number of guanidine groups is 1. The molecule has 0 spiro atoms. The van der Waals surface area contributed by atoms with Gasteiger partial charge in [-0.1, -0.05) is 24.3 Å². The van der Waals surface area contributed by atoms with Crippen LogP contribution in [0.15, 0.2) is 34.6 Å². The Kier molecular flexibility index (Phi) is 7.03. The molecule has 3 rings (SSSR count). The second kappa shape index (κ2) is 8.80. The quantitative estimate of drug-likeness (QED) is 0.411. The molecule has 2 atom stereocenters. The normalized spacial score (nSPS) is 19.5. The van der Waals surface area contributed by atoms with E-state index in [1.165, 1.54) is 17.5 Å². The molecule has 0 aliphatic heterocycles. The number of hydrogen-bond donors (Lipinski definition) is 2. The Morgan fingerprint density at radius 3 is 2.79 bits per heavy atom. The monoisotopic (exact) mass is 456 g/mol. The Bertz CT molecular complexity index is 698. The van der Waals surface area contributed by atoms with Crippen LogP contribution in [0.3, 0.4) is 0 Å². The molecule has 1 heterocycles. The molecule has 0 radical (unpaired) electrons. The molecule has 1 aliphatic carbocycles. The van der Waals surface area contributed by atoms with Gasteiger partial charge in [0.1, 0.15) is 0 Å². The number of aryl methyl sites for hydroxylation is 2. The highest BCUT2D eigenvalue weighted by Crippen LogP contribution is 2.41. The summed E-state index contributed by atoms with van der Waals surface area (Å²) in [6, 6.07) is 9.14. The molecule has 0 bridgehead atoms. The van der Waals surface area contributed by atoms with Crippen LogP contribution in [0.2, 0.25) is 0 Å². The topological polar surface area (TPSA) is 49.3 Å². The molecule has 1 aromatic carbocycles. The van der Waals surface area contributed by atoms with Crippen LogP contribution in [0.5, 0.6) is 0 Å². The highest BCUT2D eigenvalue weighted by Gasteiger charge is 2.39. The van der Waals surface area contributed by atoms with Crippen LogP contribution < -0.4 is 10.6 Å². The van der Waals surface area contributed by atoms with Crippen molar-refractivity contribution in [1.29, 1.82) is 0 Å². The zero-order chi connectivity index (χ0) is 16.2. The molecule has 1 aliphatic rings. The first kappa shape index (κ1) is 19.2. The van der Waals surface area contributed by atoms with Gasteiger partial charge in [0, 0.05) is 37.4 Å². The van der Waals surface area contributed by atoms with Gasteiger partial charge in [-0.25, -0.2) is 4.98 Å². The van der Waals surface area contributed by atoms with Gasteiger partial charge < -0.3 is 10.6 Å². The molecule has 24 heavy (non-hydrogen) atoms. The third-order valence-corrected chi connectivity index (χ3v) is 5.09. The van der Waals surface area contributed by atoms with Gasteiger partial charge in [-0.2, -0.15) is 0 Å². The molecule has 0 amide bonds. The minimum Gasteiger partial charge on any atom is -0.356 e. The lowest BCUT2D eigenvalue weighted by molar-refractivity contribution is 0.772. The van der Waals surface area contributed by atoms with Gasteiger partial charge >= 0.3 is 0 Å². The van der Waals surface area contributed by atoms with E-state index in [1.54, 1.807) is 11.3 Å². The van der Waals surface area contributed by atoms with E-state index < -0.39 is 0 Å². The van der Waals surface area contributed by atoms with Crippen LogP contribution in [-0.4, -0.2) is 30.6 Å². The molecular weight excluding hydrogens is 431 g/mol. The van der Waals surface area contributed by atoms with E-state index in [9.17, 15) is 0 Å². The Morgan fingerprint density at radius 1 is 1.33 bits per heavy atom. The van der Waals surface area contributed by atoms with Crippen molar-refractivity contribution in [2.24, 2.45) is 4.99 Å². The van der Waals surface area contributed by atoms with E-state index in [0.717, 1.165) is 29.6 Å². The standard InChI is InChI=1S/C18H24N4S.HI/c1-12-6-4-5-7-15(12)16-10-17(16)22-18(19-3)20-9-8-14-11-23-13(2)21-14;/h4-7,11,16-17H,8-10H2,1-3H3,(H2,19,20,22);1H. The summed E-state index contributed by atoms with van der Waals surface area (Å²) in [5.74, 6) is 1.49. The number of halogens is 1. The minimum atomic E-state index is 0. The van der Waals surface area contributed by atoms with Crippen molar-refractivity contribution in [2.45, 2.75) is 38.6 Å². The van der Waals surface area contributed by atoms with Gasteiger partial charge in [-0.15, -0.1) is 35.3 Å². The van der Waals surface area contributed by atoms with Crippen molar-refractivity contribution in [3.05, 3.63) is 51.5 Å². The average molecular weight is 456 g/mol. The maximum atomic E-state index is 4.49. The SMILES string of the molecule is CN=C(NCCc1csc(C)n1)NC1CC1c1ccccc1C.I. The van der Waals surface area contributed by atoms with E-state index in [1.807, 2.05) is 14.0 Å². The molecule has 1 saturated carbocycles. The molecule has 130 valence electrons. The summed E-state index contributed by atoms with van der Waals surface area (Å²) in [4.78, 5) is 8.82. The van der Waals surface area contributed by atoms with Gasteiger partial charge in [-0.3, -0.25) is 4.99 Å². The first-order valence-corrected chi connectivity index (χ1v) is 8.99. The van der Waals surface area contributed by atoms with E-state index in [4.69, 9.17) is 0 Å². The highest BCUT2D eigenvalue weighted by atomic mass is 127. The fraction of sp³-hybridized carbons (Fsp3) is 0.444. The smallest absolute Gasteiger partial charge is 0.191 e. The maximum absolute atomic E-state index is 4.49. The summed E-state index contributed by atoms with van der Waals surface area (Å²) in [6.45, 7) is 5.08. The third kappa shape index (κ3) is 4.92. The van der Waals surface area contributed by atoms with E-state index in [2.05, 4.69) is 57.2 Å². The summed E-state index contributed by atoms with van der Waals surface area (Å²) >= 11 is 1.70. The number of nitrogens with zero attached hydrogens (tertiary/aromatic N) is 2. The Balaban J connectivity index is 0.00000208. The van der Waals surface area contributed by atoms with Gasteiger partial charge in [0.25, 0.3) is 0 Å². The number of rotatable bonds is 5. The molecule has 6 heteroatoms. The number of benzene rings is 1. The molecule has 1 aromatic heterocycles. The number of nitrogens with one attached hydrogen (secondary N) is 2. The highest BCUT2D eigenvalue weighted by molar-refractivity contribution is 14.0. The van der Waals surface area contributed by atoms with Crippen molar-refractivity contribution in [3.63, 3.8) is 0 Å². The number of thiazole rings is 1. The molecular formula is C18H25IN4S. The second-order valence-corrected chi connectivity index (χ2v) is 7.12. The average Bonchev–Trinajstić information content (AvgIpc) is 3.18. The largest absolute Gasteiger partial charge is 0.356 e. The predicted molar refractivity (Wildman–Crippen MR) is 113 cm³/mol. The van der Waals surface area contributed by atoms with Crippen LogP contribution in [0, 0.1) is 13.8 Å². The summed E-state index contributed by atoms with van der Waals surface area (Å²) in [7, 11) is 1.83. The van der Waals surface area contributed by atoms with Crippen LogP contribution >= 0.6 is 35.3 Å². The van der Waals surface area contributed by atoms with Gasteiger partial charge in [0.15, 0.2) is 5.96 Å². The van der Waals surface area contributed by atoms with E-state index >= 15 is 0 Å². The Labute approximate surface area is 165 Å². The molecule has 2 N–H and O–H groups in total. The lowest BCUT2D eigenvalue weighted by atomic mass is 10.0. The van der Waals surface area contributed by atoms with Crippen molar-refractivity contribution < 1.29 is 0 Å². The van der Waals surface area contributed by atoms with Crippen molar-refractivity contribution >= 4 is 41.3 Å². The van der Waals surface area contributed by atoms with Crippen molar-refractivity contribution in [2.75, 3.05) is 13.6 Å². The van der Waals surface area contributed by atoms with Gasteiger partial charge in [-0.05, 0) is 31.4 Å².